The topological polar surface area (TPSA) is 55.6 Å². The first kappa shape index (κ1) is 17.1. The van der Waals surface area contributed by atoms with Gasteiger partial charge in [0.25, 0.3) is 0 Å². The Kier molecular flexibility index (Phi) is 4.57. The van der Waals surface area contributed by atoms with Crippen LogP contribution in [0.2, 0.25) is 0 Å². The highest BCUT2D eigenvalue weighted by Crippen LogP contribution is 2.37. The third kappa shape index (κ3) is 3.87. The van der Waals surface area contributed by atoms with Gasteiger partial charge in [-0.25, -0.2) is 0 Å². The molecule has 1 heterocycles. The number of halogens is 3. The number of nitrogens with zero attached hydrogens (tertiary/aromatic N) is 1. The number of rotatable bonds is 4. The highest BCUT2D eigenvalue weighted by Gasteiger charge is 2.33. The fourth-order valence-electron chi connectivity index (χ4n) is 3.20. The van der Waals surface area contributed by atoms with Gasteiger partial charge in [0.05, 0.1) is 0 Å². The van der Waals surface area contributed by atoms with Crippen LogP contribution in [0.3, 0.4) is 0 Å². The van der Waals surface area contributed by atoms with E-state index in [4.69, 9.17) is 5.73 Å². The molecule has 2 aromatic rings. The van der Waals surface area contributed by atoms with Crippen LogP contribution >= 0.6 is 0 Å². The number of primary amides is 1. The molecule has 1 aliphatic heterocycles. The van der Waals surface area contributed by atoms with Crippen LogP contribution < -0.4 is 15.4 Å². The van der Waals surface area contributed by atoms with Crippen LogP contribution in [0.25, 0.3) is 0 Å². The summed E-state index contributed by atoms with van der Waals surface area (Å²) in [6, 6.07) is 12.6. The Bertz CT molecular complexity index is 763. The minimum absolute atomic E-state index is 0.261. The normalized spacial score (nSPS) is 15.4. The molecule has 0 fully saturated rings. The second-order valence-corrected chi connectivity index (χ2v) is 5.85. The molecule has 2 aromatic carbocycles. The molecule has 3 rings (SSSR count). The maximum Gasteiger partial charge on any atom is 0.573 e. The van der Waals surface area contributed by atoms with E-state index in [1.54, 1.807) is 6.07 Å². The third-order valence-electron chi connectivity index (χ3n) is 4.14. The molecule has 132 valence electrons. The SMILES string of the molecule is NC(=O)C(c1ccccc1)N1CCCc2cc(OC(F)(F)F)ccc21. The Labute approximate surface area is 143 Å². The van der Waals surface area contributed by atoms with Gasteiger partial charge < -0.3 is 15.4 Å². The van der Waals surface area contributed by atoms with Gasteiger partial charge in [-0.05, 0) is 42.2 Å². The van der Waals surface area contributed by atoms with E-state index in [9.17, 15) is 18.0 Å². The van der Waals surface area contributed by atoms with Crippen molar-refractivity contribution in [2.45, 2.75) is 25.2 Å². The summed E-state index contributed by atoms with van der Waals surface area (Å²) in [6.45, 7) is 0.592. The fraction of sp³-hybridized carbons (Fsp3) is 0.278. The van der Waals surface area contributed by atoms with E-state index in [0.29, 0.717) is 30.6 Å². The summed E-state index contributed by atoms with van der Waals surface area (Å²) in [5, 5.41) is 0. The number of hydrogen-bond donors (Lipinski definition) is 1. The molecule has 7 heteroatoms. The number of hydrogen-bond acceptors (Lipinski definition) is 3. The zero-order chi connectivity index (χ0) is 18.0. The number of nitrogens with two attached hydrogens (primary N) is 1. The van der Waals surface area contributed by atoms with Crippen LogP contribution in [0.5, 0.6) is 5.75 Å². The minimum Gasteiger partial charge on any atom is -0.406 e. The summed E-state index contributed by atoms with van der Waals surface area (Å²) < 4.78 is 41.2. The molecule has 0 spiro atoms. The Balaban J connectivity index is 1.96. The van der Waals surface area contributed by atoms with Gasteiger partial charge >= 0.3 is 6.36 Å². The number of alkyl halides is 3. The maximum atomic E-state index is 12.4. The van der Waals surface area contributed by atoms with Crippen molar-refractivity contribution in [2.75, 3.05) is 11.4 Å². The van der Waals surface area contributed by atoms with E-state index in [-0.39, 0.29) is 5.75 Å². The van der Waals surface area contributed by atoms with Crippen molar-refractivity contribution in [3.63, 3.8) is 0 Å². The Morgan fingerprint density at radius 2 is 1.88 bits per heavy atom. The van der Waals surface area contributed by atoms with Crippen LogP contribution in [0, 0.1) is 0 Å². The average Bonchev–Trinajstić information content (AvgIpc) is 2.54. The van der Waals surface area contributed by atoms with E-state index >= 15 is 0 Å². The smallest absolute Gasteiger partial charge is 0.406 e. The predicted octanol–water partition coefficient (Wildman–Crippen LogP) is 3.56. The quantitative estimate of drug-likeness (QED) is 0.917. The van der Waals surface area contributed by atoms with Crippen LogP contribution in [-0.4, -0.2) is 18.8 Å². The molecule has 1 amide bonds. The largest absolute Gasteiger partial charge is 0.573 e. The Morgan fingerprint density at radius 3 is 2.52 bits per heavy atom. The zero-order valence-corrected chi connectivity index (χ0v) is 13.3. The highest BCUT2D eigenvalue weighted by molar-refractivity contribution is 5.85. The lowest BCUT2D eigenvalue weighted by Crippen LogP contribution is -2.40. The van der Waals surface area contributed by atoms with Crippen molar-refractivity contribution in [3.8, 4) is 5.75 Å². The molecule has 2 N–H and O–H groups in total. The number of ether oxygens (including phenoxy) is 1. The summed E-state index contributed by atoms with van der Waals surface area (Å²) >= 11 is 0. The summed E-state index contributed by atoms with van der Waals surface area (Å²) in [7, 11) is 0. The number of fused-ring (bicyclic) bond motifs is 1. The van der Waals surface area contributed by atoms with Crippen molar-refractivity contribution < 1.29 is 22.7 Å². The van der Waals surface area contributed by atoms with Gasteiger partial charge in [0.2, 0.25) is 5.91 Å². The third-order valence-corrected chi connectivity index (χ3v) is 4.14. The molecule has 1 aliphatic rings. The van der Waals surface area contributed by atoms with E-state index < -0.39 is 18.3 Å². The van der Waals surface area contributed by atoms with Crippen LogP contribution in [0.1, 0.15) is 23.6 Å². The maximum absolute atomic E-state index is 12.4. The van der Waals surface area contributed by atoms with E-state index in [0.717, 1.165) is 5.56 Å². The van der Waals surface area contributed by atoms with Gasteiger partial charge in [0, 0.05) is 12.2 Å². The number of carbonyl (C=O) groups excluding carboxylic acids is 1. The van der Waals surface area contributed by atoms with Crippen molar-refractivity contribution in [3.05, 3.63) is 59.7 Å². The van der Waals surface area contributed by atoms with Crippen LogP contribution in [0.4, 0.5) is 18.9 Å². The van der Waals surface area contributed by atoms with Gasteiger partial charge in [-0.3, -0.25) is 4.79 Å². The predicted molar refractivity (Wildman–Crippen MR) is 87.2 cm³/mol. The molecule has 0 radical (unpaired) electrons. The lowest BCUT2D eigenvalue weighted by atomic mass is 9.96. The van der Waals surface area contributed by atoms with Crippen molar-refractivity contribution >= 4 is 11.6 Å². The monoisotopic (exact) mass is 350 g/mol. The van der Waals surface area contributed by atoms with Gasteiger partial charge in [0.15, 0.2) is 0 Å². The van der Waals surface area contributed by atoms with Crippen molar-refractivity contribution in [1.29, 1.82) is 0 Å². The molecule has 0 aromatic heterocycles. The summed E-state index contributed by atoms with van der Waals surface area (Å²) in [6.07, 6.45) is -3.41. The second kappa shape index (κ2) is 6.66. The number of anilines is 1. The molecule has 0 bridgehead atoms. The van der Waals surface area contributed by atoms with Gasteiger partial charge in [-0.15, -0.1) is 13.2 Å². The fourth-order valence-corrected chi connectivity index (χ4v) is 3.20. The van der Waals surface area contributed by atoms with Crippen molar-refractivity contribution in [1.82, 2.24) is 0 Å². The first-order chi connectivity index (χ1) is 11.8. The van der Waals surface area contributed by atoms with Gasteiger partial charge in [0.1, 0.15) is 11.8 Å². The van der Waals surface area contributed by atoms with Crippen LogP contribution in [0.15, 0.2) is 48.5 Å². The average molecular weight is 350 g/mol. The second-order valence-electron chi connectivity index (χ2n) is 5.85. The minimum atomic E-state index is -4.73. The highest BCUT2D eigenvalue weighted by atomic mass is 19.4. The first-order valence-electron chi connectivity index (χ1n) is 7.85. The molecular formula is C18H17F3N2O2. The van der Waals surface area contributed by atoms with Crippen molar-refractivity contribution in [2.24, 2.45) is 5.73 Å². The number of carbonyl (C=O) groups is 1. The number of benzene rings is 2. The molecule has 0 saturated carbocycles. The standard InChI is InChI=1S/C18H17F3N2O2/c19-18(20,21)25-14-8-9-15-13(11-14)7-4-10-23(15)16(17(22)24)12-5-2-1-3-6-12/h1-3,5-6,8-9,11,16H,4,7,10H2,(H2,22,24). The molecule has 4 nitrogen and oxygen atoms in total. The van der Waals surface area contributed by atoms with Gasteiger partial charge in [-0.2, -0.15) is 0 Å². The van der Waals surface area contributed by atoms with Crippen LogP contribution in [-0.2, 0) is 11.2 Å². The molecule has 0 aliphatic carbocycles. The summed E-state index contributed by atoms with van der Waals surface area (Å²) in [5.74, 6) is -0.766. The summed E-state index contributed by atoms with van der Waals surface area (Å²) in [5.41, 5.74) is 7.77. The Morgan fingerprint density at radius 1 is 1.16 bits per heavy atom. The lowest BCUT2D eigenvalue weighted by molar-refractivity contribution is -0.274. The molecular weight excluding hydrogens is 333 g/mol. The molecule has 1 atom stereocenters. The number of aryl methyl sites for hydroxylation is 1. The van der Waals surface area contributed by atoms with E-state index in [1.165, 1.54) is 12.1 Å². The van der Waals surface area contributed by atoms with E-state index in [2.05, 4.69) is 4.74 Å². The lowest BCUT2D eigenvalue weighted by Gasteiger charge is -2.36. The Hall–Kier alpha value is -2.70. The van der Waals surface area contributed by atoms with Gasteiger partial charge in [-0.1, -0.05) is 30.3 Å². The first-order valence-corrected chi connectivity index (χ1v) is 7.85. The molecule has 25 heavy (non-hydrogen) atoms. The van der Waals surface area contributed by atoms with E-state index in [1.807, 2.05) is 35.2 Å². The molecule has 0 saturated heterocycles. The summed E-state index contributed by atoms with van der Waals surface area (Å²) in [4.78, 5) is 13.9. The molecule has 1 unspecified atom stereocenters. The number of amides is 1. The zero-order valence-electron chi connectivity index (χ0n) is 13.3.